The largest absolute Gasteiger partial charge is 0.264 e. The lowest BCUT2D eigenvalue weighted by molar-refractivity contribution is 0.640. The van der Waals surface area contributed by atoms with Crippen LogP contribution in [0.25, 0.3) is 0 Å². The van der Waals surface area contributed by atoms with Crippen molar-refractivity contribution >= 4 is 11.9 Å². The van der Waals surface area contributed by atoms with E-state index in [2.05, 4.69) is 25.5 Å². The summed E-state index contributed by atoms with van der Waals surface area (Å²) in [5.74, 6) is 1.93. The minimum Gasteiger partial charge on any atom is -0.264 e. The lowest BCUT2D eigenvalue weighted by Crippen LogP contribution is -2.11. The Morgan fingerprint density at radius 3 is 2.50 bits per heavy atom. The normalized spacial score (nSPS) is 10.5. The van der Waals surface area contributed by atoms with E-state index in [1.807, 2.05) is 0 Å². The zero-order chi connectivity index (χ0) is 6.41. The second kappa shape index (κ2) is 5.45. The third kappa shape index (κ3) is 6.31. The summed E-state index contributed by atoms with van der Waals surface area (Å²) in [5.41, 5.74) is 0. The molecule has 0 amide bonds. The molecular formula is C6H15NS. The molecule has 50 valence electrons. The molecule has 0 unspecified atom stereocenters. The summed E-state index contributed by atoms with van der Waals surface area (Å²) >= 11 is 1.79. The van der Waals surface area contributed by atoms with Crippen LogP contribution in [-0.4, -0.2) is 12.3 Å². The minimum absolute atomic E-state index is 0.772. The van der Waals surface area contributed by atoms with E-state index in [0.717, 1.165) is 18.2 Å². The second-order valence-electron chi connectivity index (χ2n) is 2.18. The molecule has 0 saturated carbocycles. The van der Waals surface area contributed by atoms with E-state index in [-0.39, 0.29) is 0 Å². The average Bonchev–Trinajstić information content (AvgIpc) is 1.66. The molecular weight excluding hydrogens is 118 g/mol. The van der Waals surface area contributed by atoms with E-state index < -0.39 is 0 Å². The highest BCUT2D eigenvalue weighted by molar-refractivity contribution is 7.97. The predicted octanol–water partition coefficient (Wildman–Crippen LogP) is 1.90. The van der Waals surface area contributed by atoms with Gasteiger partial charge in [0, 0.05) is 12.3 Å². The molecule has 0 spiro atoms. The fraction of sp³-hybridized carbons (Fsp3) is 1.00. The molecule has 0 aromatic heterocycles. The number of hydrogen-bond donors (Lipinski definition) is 1. The molecule has 1 nitrogen and oxygen atoms in total. The molecule has 0 aromatic carbocycles. The average molecular weight is 133 g/mol. The predicted molar refractivity (Wildman–Crippen MR) is 41.0 cm³/mol. The van der Waals surface area contributed by atoms with Crippen LogP contribution in [0.5, 0.6) is 0 Å². The first-order valence-corrected chi connectivity index (χ1v) is 4.10. The first-order chi connectivity index (χ1) is 3.77. The van der Waals surface area contributed by atoms with Gasteiger partial charge in [0.15, 0.2) is 0 Å². The summed E-state index contributed by atoms with van der Waals surface area (Å²) in [4.78, 5) is 0. The van der Waals surface area contributed by atoms with Crippen LogP contribution < -0.4 is 4.72 Å². The van der Waals surface area contributed by atoms with Gasteiger partial charge < -0.3 is 0 Å². The van der Waals surface area contributed by atoms with Crippen molar-refractivity contribution in [3.05, 3.63) is 0 Å². The SMILES string of the molecule is CCSNCC(C)C. The van der Waals surface area contributed by atoms with Crippen LogP contribution in [0, 0.1) is 5.92 Å². The first kappa shape index (κ1) is 8.31. The van der Waals surface area contributed by atoms with Gasteiger partial charge in [0.25, 0.3) is 0 Å². The monoisotopic (exact) mass is 133 g/mol. The smallest absolute Gasteiger partial charge is 0.00815 e. The molecule has 0 heterocycles. The Labute approximate surface area is 56.4 Å². The maximum atomic E-state index is 3.25. The zero-order valence-electron chi connectivity index (χ0n) is 5.90. The van der Waals surface area contributed by atoms with Crippen molar-refractivity contribution in [3.8, 4) is 0 Å². The molecule has 0 aliphatic heterocycles. The standard InChI is InChI=1S/C6H15NS/c1-4-8-7-5-6(2)3/h6-7H,4-5H2,1-3H3. The van der Waals surface area contributed by atoms with E-state index in [1.165, 1.54) is 0 Å². The van der Waals surface area contributed by atoms with Gasteiger partial charge in [-0.1, -0.05) is 32.7 Å². The van der Waals surface area contributed by atoms with Gasteiger partial charge in [0.1, 0.15) is 0 Å². The topological polar surface area (TPSA) is 12.0 Å². The number of rotatable bonds is 4. The van der Waals surface area contributed by atoms with E-state index in [1.54, 1.807) is 11.9 Å². The van der Waals surface area contributed by atoms with Gasteiger partial charge in [-0.05, 0) is 5.92 Å². The summed E-state index contributed by atoms with van der Waals surface area (Å²) in [6.07, 6.45) is 0. The highest BCUT2D eigenvalue weighted by atomic mass is 32.2. The van der Waals surface area contributed by atoms with Crippen LogP contribution in [0.15, 0.2) is 0 Å². The van der Waals surface area contributed by atoms with Gasteiger partial charge in [0.05, 0.1) is 0 Å². The quantitative estimate of drug-likeness (QED) is 0.464. The zero-order valence-corrected chi connectivity index (χ0v) is 6.72. The summed E-state index contributed by atoms with van der Waals surface area (Å²) in [7, 11) is 0. The molecule has 0 aliphatic carbocycles. The molecule has 0 aromatic rings. The van der Waals surface area contributed by atoms with Gasteiger partial charge in [-0.2, -0.15) is 0 Å². The van der Waals surface area contributed by atoms with Crippen LogP contribution in [0.3, 0.4) is 0 Å². The lowest BCUT2D eigenvalue weighted by atomic mass is 10.2. The van der Waals surface area contributed by atoms with Gasteiger partial charge in [-0.15, -0.1) is 0 Å². The highest BCUT2D eigenvalue weighted by Crippen LogP contribution is 1.94. The van der Waals surface area contributed by atoms with Crippen LogP contribution in [0.4, 0.5) is 0 Å². The Morgan fingerprint density at radius 1 is 1.50 bits per heavy atom. The van der Waals surface area contributed by atoms with Crippen LogP contribution in [0.2, 0.25) is 0 Å². The van der Waals surface area contributed by atoms with Gasteiger partial charge in [-0.3, -0.25) is 4.72 Å². The van der Waals surface area contributed by atoms with Crippen molar-refractivity contribution in [1.82, 2.24) is 4.72 Å². The lowest BCUT2D eigenvalue weighted by Gasteiger charge is -2.03. The molecule has 0 rings (SSSR count). The maximum Gasteiger partial charge on any atom is 0.00815 e. The van der Waals surface area contributed by atoms with E-state index in [9.17, 15) is 0 Å². The van der Waals surface area contributed by atoms with Crippen LogP contribution in [0.1, 0.15) is 20.8 Å². The molecule has 8 heavy (non-hydrogen) atoms. The second-order valence-corrected chi connectivity index (χ2v) is 3.33. The van der Waals surface area contributed by atoms with Gasteiger partial charge in [0.2, 0.25) is 0 Å². The summed E-state index contributed by atoms with van der Waals surface area (Å²) in [6, 6.07) is 0. The van der Waals surface area contributed by atoms with Gasteiger partial charge in [-0.25, -0.2) is 0 Å². The van der Waals surface area contributed by atoms with Gasteiger partial charge >= 0.3 is 0 Å². The highest BCUT2D eigenvalue weighted by Gasteiger charge is 1.89. The molecule has 0 bridgehead atoms. The fourth-order valence-corrected chi connectivity index (χ4v) is 0.983. The third-order valence-electron chi connectivity index (χ3n) is 0.738. The van der Waals surface area contributed by atoms with E-state index in [4.69, 9.17) is 0 Å². The van der Waals surface area contributed by atoms with Crippen molar-refractivity contribution in [3.63, 3.8) is 0 Å². The Balaban J connectivity index is 2.72. The van der Waals surface area contributed by atoms with Crippen molar-refractivity contribution < 1.29 is 0 Å². The first-order valence-electron chi connectivity index (χ1n) is 3.12. The molecule has 0 aliphatic rings. The van der Waals surface area contributed by atoms with Crippen molar-refractivity contribution in [2.24, 2.45) is 5.92 Å². The van der Waals surface area contributed by atoms with Crippen molar-refractivity contribution in [2.75, 3.05) is 12.3 Å². The molecule has 0 radical (unpaired) electrons. The Bertz CT molecular complexity index is 45.8. The minimum atomic E-state index is 0.772. The molecule has 0 atom stereocenters. The maximum absolute atomic E-state index is 3.25. The Morgan fingerprint density at radius 2 is 2.12 bits per heavy atom. The van der Waals surface area contributed by atoms with Crippen molar-refractivity contribution in [2.45, 2.75) is 20.8 Å². The van der Waals surface area contributed by atoms with E-state index in [0.29, 0.717) is 0 Å². The number of nitrogens with one attached hydrogen (secondary N) is 1. The Hall–Kier alpha value is 0.310. The van der Waals surface area contributed by atoms with E-state index >= 15 is 0 Å². The summed E-state index contributed by atoms with van der Waals surface area (Å²) in [6.45, 7) is 7.70. The fourth-order valence-electron chi connectivity index (χ4n) is 0.328. The van der Waals surface area contributed by atoms with Crippen LogP contribution in [-0.2, 0) is 0 Å². The molecule has 1 N–H and O–H groups in total. The molecule has 0 saturated heterocycles. The Kier molecular flexibility index (Phi) is 5.66. The molecule has 2 heteroatoms. The third-order valence-corrected chi connectivity index (χ3v) is 1.40. The summed E-state index contributed by atoms with van der Waals surface area (Å²) < 4.78 is 3.25. The summed E-state index contributed by atoms with van der Waals surface area (Å²) in [5, 5.41) is 0. The van der Waals surface area contributed by atoms with Crippen LogP contribution >= 0.6 is 11.9 Å². The van der Waals surface area contributed by atoms with Crippen molar-refractivity contribution in [1.29, 1.82) is 0 Å². The molecule has 0 fully saturated rings. The number of hydrogen-bond acceptors (Lipinski definition) is 2.